The van der Waals surface area contributed by atoms with Crippen molar-refractivity contribution in [3.05, 3.63) is 47.0 Å². The summed E-state index contributed by atoms with van der Waals surface area (Å²) in [5.41, 5.74) is 4.59. The van der Waals surface area contributed by atoms with E-state index in [1.165, 1.54) is 0 Å². The summed E-state index contributed by atoms with van der Waals surface area (Å²) in [5.74, 6) is 2.15. The highest BCUT2D eigenvalue weighted by Crippen LogP contribution is 2.24. The fourth-order valence-corrected chi connectivity index (χ4v) is 4.38. The second kappa shape index (κ2) is 6.38. The van der Waals surface area contributed by atoms with Crippen molar-refractivity contribution in [2.24, 2.45) is 10.2 Å². The smallest absolute Gasteiger partial charge is 0.151 e. The minimum absolute atomic E-state index is 1.01. The van der Waals surface area contributed by atoms with Gasteiger partial charge in [-0.3, -0.25) is 0 Å². The summed E-state index contributed by atoms with van der Waals surface area (Å²) in [4.78, 5) is 0. The Morgan fingerprint density at radius 1 is 0.682 bits per heavy atom. The van der Waals surface area contributed by atoms with Crippen molar-refractivity contribution < 1.29 is 0 Å². The summed E-state index contributed by atoms with van der Waals surface area (Å²) in [6, 6.07) is 8.38. The Morgan fingerprint density at radius 2 is 1.00 bits per heavy atom. The molecule has 22 heavy (non-hydrogen) atoms. The third kappa shape index (κ3) is 3.03. The summed E-state index contributed by atoms with van der Waals surface area (Å²) >= 11 is 3.57. The molecule has 2 aromatic heterocycles. The van der Waals surface area contributed by atoms with Crippen LogP contribution >= 0.6 is 23.5 Å². The van der Waals surface area contributed by atoms with Gasteiger partial charge in [0.25, 0.3) is 0 Å². The number of rotatable bonds is 2. The van der Waals surface area contributed by atoms with Crippen molar-refractivity contribution in [1.82, 2.24) is 9.35 Å². The SMILES string of the molecule is Cc1ccc(C)n1N=C1SCCSC1=Nn1c(C)ccc1C. The van der Waals surface area contributed by atoms with Gasteiger partial charge in [0.1, 0.15) is 0 Å². The lowest BCUT2D eigenvalue weighted by Gasteiger charge is -2.16. The summed E-state index contributed by atoms with van der Waals surface area (Å²) in [6.07, 6.45) is 0. The maximum Gasteiger partial charge on any atom is 0.151 e. The monoisotopic (exact) mass is 332 g/mol. The van der Waals surface area contributed by atoms with E-state index in [1.54, 1.807) is 23.5 Å². The molecule has 3 rings (SSSR count). The van der Waals surface area contributed by atoms with E-state index in [0.717, 1.165) is 44.4 Å². The Bertz CT molecular complexity index is 649. The van der Waals surface area contributed by atoms with Crippen molar-refractivity contribution in [1.29, 1.82) is 0 Å². The minimum Gasteiger partial charge on any atom is -0.241 e. The van der Waals surface area contributed by atoms with Gasteiger partial charge in [-0.1, -0.05) is 0 Å². The van der Waals surface area contributed by atoms with Gasteiger partial charge in [0.2, 0.25) is 0 Å². The lowest BCUT2D eigenvalue weighted by Crippen LogP contribution is -2.18. The van der Waals surface area contributed by atoms with Crippen LogP contribution in [0.1, 0.15) is 22.8 Å². The molecule has 0 spiro atoms. The van der Waals surface area contributed by atoms with Crippen LogP contribution in [-0.4, -0.2) is 30.9 Å². The second-order valence-corrected chi connectivity index (χ2v) is 7.53. The van der Waals surface area contributed by atoms with Gasteiger partial charge in [-0.05, 0) is 52.0 Å². The topological polar surface area (TPSA) is 34.6 Å². The predicted molar refractivity (Wildman–Crippen MR) is 98.4 cm³/mol. The van der Waals surface area contributed by atoms with Crippen LogP contribution in [0.2, 0.25) is 0 Å². The predicted octanol–water partition coefficient (Wildman–Crippen LogP) is 4.03. The minimum atomic E-state index is 1.01. The second-order valence-electron chi connectivity index (χ2n) is 5.36. The highest BCUT2D eigenvalue weighted by Gasteiger charge is 2.19. The van der Waals surface area contributed by atoms with E-state index < -0.39 is 0 Å². The molecular weight excluding hydrogens is 312 g/mol. The Labute approximate surface area is 139 Å². The molecular formula is C16H20N4S2. The maximum absolute atomic E-state index is 4.83. The fraction of sp³-hybridized carbons (Fsp3) is 0.375. The molecule has 0 saturated carbocycles. The lowest BCUT2D eigenvalue weighted by atomic mass is 10.5. The average Bonchev–Trinajstić information content (AvgIpc) is 2.99. The average molecular weight is 332 g/mol. The van der Waals surface area contributed by atoms with Crippen LogP contribution in [-0.2, 0) is 0 Å². The first-order valence-corrected chi connectivity index (χ1v) is 9.27. The first-order valence-electron chi connectivity index (χ1n) is 7.30. The zero-order chi connectivity index (χ0) is 15.7. The van der Waals surface area contributed by atoms with Crippen LogP contribution in [0.15, 0.2) is 34.5 Å². The van der Waals surface area contributed by atoms with Gasteiger partial charge in [0.05, 0.1) is 0 Å². The van der Waals surface area contributed by atoms with Gasteiger partial charge in [0.15, 0.2) is 10.1 Å². The van der Waals surface area contributed by atoms with Crippen LogP contribution in [0.25, 0.3) is 0 Å². The Hall–Kier alpha value is -1.40. The quantitative estimate of drug-likeness (QED) is 0.832. The van der Waals surface area contributed by atoms with E-state index in [9.17, 15) is 0 Å². The largest absolute Gasteiger partial charge is 0.241 e. The molecule has 1 aliphatic rings. The normalized spacial score (nSPS) is 19.3. The summed E-state index contributed by atoms with van der Waals surface area (Å²) in [7, 11) is 0. The van der Waals surface area contributed by atoms with Crippen molar-refractivity contribution in [2.45, 2.75) is 27.7 Å². The van der Waals surface area contributed by atoms with Gasteiger partial charge < -0.3 is 0 Å². The Kier molecular flexibility index (Phi) is 4.49. The van der Waals surface area contributed by atoms with Gasteiger partial charge in [-0.25, -0.2) is 9.35 Å². The molecule has 6 heteroatoms. The number of hydrogen-bond acceptors (Lipinski definition) is 4. The fourth-order valence-electron chi connectivity index (χ4n) is 2.36. The van der Waals surface area contributed by atoms with Gasteiger partial charge in [0, 0.05) is 34.3 Å². The maximum atomic E-state index is 4.83. The van der Waals surface area contributed by atoms with Crippen molar-refractivity contribution >= 4 is 33.6 Å². The van der Waals surface area contributed by atoms with Crippen molar-refractivity contribution in [3.8, 4) is 0 Å². The molecule has 0 N–H and O–H groups in total. The standard InChI is InChI=1S/C16H20N4S2/c1-11-5-6-12(2)19(11)17-15-16(22-10-9-21-15)18-20-13(3)7-8-14(20)4/h5-8H,9-10H2,1-4H3. The molecule has 116 valence electrons. The zero-order valence-electron chi connectivity index (χ0n) is 13.3. The Balaban J connectivity index is 2.02. The summed E-state index contributed by atoms with van der Waals surface area (Å²) in [5, 5.41) is 11.7. The van der Waals surface area contributed by atoms with E-state index >= 15 is 0 Å². The third-order valence-electron chi connectivity index (χ3n) is 3.59. The molecule has 0 atom stereocenters. The number of thioether (sulfide) groups is 2. The number of hydrogen-bond donors (Lipinski definition) is 0. The first-order chi connectivity index (χ1) is 10.6. The van der Waals surface area contributed by atoms with Crippen LogP contribution < -0.4 is 0 Å². The third-order valence-corrected chi connectivity index (χ3v) is 5.89. The molecule has 1 aliphatic heterocycles. The number of aryl methyl sites for hydroxylation is 4. The van der Waals surface area contributed by atoms with Gasteiger partial charge >= 0.3 is 0 Å². The molecule has 2 aromatic rings. The number of nitrogens with zero attached hydrogens (tertiary/aromatic N) is 4. The van der Waals surface area contributed by atoms with Crippen LogP contribution in [0.4, 0.5) is 0 Å². The van der Waals surface area contributed by atoms with Gasteiger partial charge in [-0.15, -0.1) is 23.5 Å². The highest BCUT2D eigenvalue weighted by molar-refractivity contribution is 8.27. The molecule has 1 saturated heterocycles. The highest BCUT2D eigenvalue weighted by atomic mass is 32.2. The van der Waals surface area contributed by atoms with Crippen LogP contribution in [0.3, 0.4) is 0 Å². The molecule has 3 heterocycles. The van der Waals surface area contributed by atoms with E-state index in [2.05, 4.69) is 52.0 Å². The van der Waals surface area contributed by atoms with Crippen molar-refractivity contribution in [2.75, 3.05) is 11.5 Å². The van der Waals surface area contributed by atoms with Crippen molar-refractivity contribution in [3.63, 3.8) is 0 Å². The molecule has 1 fully saturated rings. The van der Waals surface area contributed by atoms with Crippen LogP contribution in [0.5, 0.6) is 0 Å². The van der Waals surface area contributed by atoms with Crippen LogP contribution in [0, 0.1) is 27.7 Å². The molecule has 0 unspecified atom stereocenters. The Morgan fingerprint density at radius 3 is 1.32 bits per heavy atom. The number of aromatic nitrogens is 2. The van der Waals surface area contributed by atoms with E-state index in [0.29, 0.717) is 0 Å². The van der Waals surface area contributed by atoms with E-state index in [-0.39, 0.29) is 0 Å². The van der Waals surface area contributed by atoms with Gasteiger partial charge in [-0.2, -0.15) is 10.2 Å². The lowest BCUT2D eigenvalue weighted by molar-refractivity contribution is 0.811. The molecule has 0 bridgehead atoms. The molecule has 0 aromatic carbocycles. The zero-order valence-corrected chi connectivity index (χ0v) is 15.0. The molecule has 4 nitrogen and oxygen atoms in total. The summed E-state index contributed by atoms with van der Waals surface area (Å²) < 4.78 is 4.00. The molecule has 0 amide bonds. The molecule has 0 aliphatic carbocycles. The summed E-state index contributed by atoms with van der Waals surface area (Å²) in [6.45, 7) is 8.31. The first kappa shape index (κ1) is 15.5. The van der Waals surface area contributed by atoms with E-state index in [4.69, 9.17) is 10.2 Å². The molecule has 0 radical (unpaired) electrons. The van der Waals surface area contributed by atoms with E-state index in [1.807, 2.05) is 9.35 Å².